The van der Waals surface area contributed by atoms with Crippen molar-refractivity contribution in [2.24, 2.45) is 5.92 Å². The zero-order chi connectivity index (χ0) is 21.0. The highest BCUT2D eigenvalue weighted by Gasteiger charge is 2.35. The van der Waals surface area contributed by atoms with Crippen LogP contribution in [-0.4, -0.2) is 46.5 Å². The Morgan fingerprint density at radius 2 is 2.00 bits per heavy atom. The molecule has 1 N–H and O–H groups in total. The minimum absolute atomic E-state index is 0.179. The molecular weight excluding hydrogens is 379 g/mol. The summed E-state index contributed by atoms with van der Waals surface area (Å²) >= 11 is 0. The van der Waals surface area contributed by atoms with E-state index in [2.05, 4.69) is 22.9 Å². The van der Waals surface area contributed by atoms with Crippen molar-refractivity contribution in [2.75, 3.05) is 27.2 Å². The number of hydrogen-bond donors (Lipinski definition) is 1. The van der Waals surface area contributed by atoms with Gasteiger partial charge in [-0.25, -0.2) is 4.39 Å². The lowest BCUT2D eigenvalue weighted by atomic mass is 9.83. The molecular formula is C24H29FN4O. The van der Waals surface area contributed by atoms with E-state index in [1.165, 1.54) is 11.8 Å². The van der Waals surface area contributed by atoms with Crippen molar-refractivity contribution in [3.8, 4) is 0 Å². The average Bonchev–Trinajstić information content (AvgIpc) is 2.99. The zero-order valence-electron chi connectivity index (χ0n) is 17.9. The van der Waals surface area contributed by atoms with Crippen LogP contribution in [0.25, 0.3) is 10.9 Å². The number of pyridine rings is 1. The molecule has 1 fully saturated rings. The number of aromatic amines is 1. The van der Waals surface area contributed by atoms with Crippen LogP contribution < -0.4 is 5.56 Å². The van der Waals surface area contributed by atoms with Gasteiger partial charge >= 0.3 is 0 Å². The number of rotatable bonds is 4. The molecule has 158 valence electrons. The van der Waals surface area contributed by atoms with E-state index in [1.54, 1.807) is 6.07 Å². The highest BCUT2D eigenvalue weighted by molar-refractivity contribution is 5.84. The fraction of sp³-hybridized carbons (Fsp3) is 0.458. The Kier molecular flexibility index (Phi) is 4.79. The Bertz CT molecular complexity index is 1160. The van der Waals surface area contributed by atoms with Gasteiger partial charge in [0.1, 0.15) is 5.82 Å². The fourth-order valence-electron chi connectivity index (χ4n) is 5.42. The summed E-state index contributed by atoms with van der Waals surface area (Å²) in [5, 5.41) is 0.965. The third kappa shape index (κ3) is 3.38. The summed E-state index contributed by atoms with van der Waals surface area (Å²) in [6.07, 6.45) is 1.15. The first-order valence-electron chi connectivity index (χ1n) is 10.8. The molecule has 2 aromatic heterocycles. The lowest BCUT2D eigenvalue weighted by Gasteiger charge is -2.43. The van der Waals surface area contributed by atoms with Crippen LogP contribution in [0.2, 0.25) is 0 Å². The first-order valence-corrected chi connectivity index (χ1v) is 10.8. The lowest BCUT2D eigenvalue weighted by molar-refractivity contribution is 0.113. The monoisotopic (exact) mass is 408 g/mol. The Balaban J connectivity index is 1.40. The first kappa shape index (κ1) is 19.5. The number of fused-ring (bicyclic) bond motifs is 5. The molecule has 0 amide bonds. The topological polar surface area (TPSA) is 44.3 Å². The molecule has 0 radical (unpaired) electrons. The van der Waals surface area contributed by atoms with Gasteiger partial charge in [-0.3, -0.25) is 9.69 Å². The minimum atomic E-state index is -0.195. The number of benzene rings is 1. The van der Waals surface area contributed by atoms with Crippen LogP contribution in [0.3, 0.4) is 0 Å². The van der Waals surface area contributed by atoms with Gasteiger partial charge in [0, 0.05) is 66.5 Å². The third-order valence-corrected chi connectivity index (χ3v) is 6.75. The standard InChI is InChI=1S/C24H29FN4O/c1-15-20-9-19(25)5-6-21(20)26-22(15)14-28-10-16-8-18(13-28)23-7-4-17(12-27(2)3)24(30)29(23)11-16/h4-7,9,16,18,26H,8,10-14H2,1-3H3/t16-,18+/m0/s1. The van der Waals surface area contributed by atoms with Gasteiger partial charge in [-0.05, 0) is 63.2 Å². The van der Waals surface area contributed by atoms with E-state index in [9.17, 15) is 9.18 Å². The van der Waals surface area contributed by atoms with Crippen LogP contribution in [0.5, 0.6) is 0 Å². The number of aromatic nitrogens is 2. The van der Waals surface area contributed by atoms with Crippen LogP contribution in [0.15, 0.2) is 35.1 Å². The Labute approximate surface area is 176 Å². The third-order valence-electron chi connectivity index (χ3n) is 6.75. The van der Waals surface area contributed by atoms with E-state index in [0.717, 1.165) is 60.3 Å². The molecule has 0 spiro atoms. The van der Waals surface area contributed by atoms with Gasteiger partial charge in [0.15, 0.2) is 0 Å². The molecule has 2 aliphatic rings. The molecule has 6 heteroatoms. The maximum Gasteiger partial charge on any atom is 0.255 e. The van der Waals surface area contributed by atoms with Crippen LogP contribution in [0.4, 0.5) is 4.39 Å². The van der Waals surface area contributed by atoms with Crippen molar-refractivity contribution in [3.05, 3.63) is 69.0 Å². The number of likely N-dealkylation sites (tertiary alicyclic amines) is 1. The summed E-state index contributed by atoms with van der Waals surface area (Å²) in [6, 6.07) is 9.13. The molecule has 0 saturated carbocycles. The second-order valence-electron chi connectivity index (χ2n) is 9.35. The molecule has 2 atom stereocenters. The van der Waals surface area contributed by atoms with Crippen molar-refractivity contribution < 1.29 is 4.39 Å². The summed E-state index contributed by atoms with van der Waals surface area (Å²) in [5.74, 6) is 0.686. The highest BCUT2D eigenvalue weighted by Crippen LogP contribution is 2.36. The van der Waals surface area contributed by atoms with Crippen molar-refractivity contribution in [1.29, 1.82) is 0 Å². The molecule has 5 rings (SSSR count). The predicted molar refractivity (Wildman–Crippen MR) is 117 cm³/mol. The molecule has 1 saturated heterocycles. The van der Waals surface area contributed by atoms with Crippen LogP contribution in [0.1, 0.15) is 34.9 Å². The maximum absolute atomic E-state index is 13.7. The quantitative estimate of drug-likeness (QED) is 0.719. The molecule has 4 heterocycles. The molecule has 2 aliphatic heterocycles. The van der Waals surface area contributed by atoms with Gasteiger partial charge in [-0.2, -0.15) is 0 Å². The Morgan fingerprint density at radius 3 is 2.80 bits per heavy atom. The lowest BCUT2D eigenvalue weighted by Crippen LogP contribution is -2.47. The molecule has 30 heavy (non-hydrogen) atoms. The van der Waals surface area contributed by atoms with Gasteiger partial charge < -0.3 is 14.5 Å². The first-order chi connectivity index (χ1) is 14.4. The number of nitrogens with one attached hydrogen (secondary N) is 1. The summed E-state index contributed by atoms with van der Waals surface area (Å²) < 4.78 is 15.7. The van der Waals surface area contributed by atoms with E-state index in [0.29, 0.717) is 18.4 Å². The van der Waals surface area contributed by atoms with E-state index in [4.69, 9.17) is 0 Å². The smallest absolute Gasteiger partial charge is 0.255 e. The zero-order valence-corrected chi connectivity index (χ0v) is 17.9. The van der Waals surface area contributed by atoms with Gasteiger partial charge in [0.05, 0.1) is 0 Å². The van der Waals surface area contributed by atoms with E-state index in [1.807, 2.05) is 35.7 Å². The van der Waals surface area contributed by atoms with Gasteiger partial charge in [0.2, 0.25) is 0 Å². The second kappa shape index (κ2) is 7.36. The van der Waals surface area contributed by atoms with Crippen molar-refractivity contribution in [3.63, 3.8) is 0 Å². The summed E-state index contributed by atoms with van der Waals surface area (Å²) in [7, 11) is 3.99. The minimum Gasteiger partial charge on any atom is -0.357 e. The van der Waals surface area contributed by atoms with Gasteiger partial charge in [-0.15, -0.1) is 0 Å². The van der Waals surface area contributed by atoms with Crippen LogP contribution in [0, 0.1) is 18.7 Å². The number of piperidine rings is 1. The van der Waals surface area contributed by atoms with Crippen LogP contribution in [-0.2, 0) is 19.6 Å². The Hall–Kier alpha value is -2.44. The molecule has 3 aromatic rings. The van der Waals surface area contributed by atoms with Gasteiger partial charge in [-0.1, -0.05) is 6.07 Å². The highest BCUT2D eigenvalue weighted by atomic mass is 19.1. The number of hydrogen-bond acceptors (Lipinski definition) is 3. The van der Waals surface area contributed by atoms with Crippen molar-refractivity contribution >= 4 is 10.9 Å². The largest absolute Gasteiger partial charge is 0.357 e. The summed E-state index contributed by atoms with van der Waals surface area (Å²) in [4.78, 5) is 21.0. The van der Waals surface area contributed by atoms with E-state index >= 15 is 0 Å². The number of halogens is 1. The second-order valence-corrected chi connectivity index (χ2v) is 9.35. The molecule has 1 aromatic carbocycles. The van der Waals surface area contributed by atoms with Gasteiger partial charge in [0.25, 0.3) is 5.56 Å². The summed E-state index contributed by atoms with van der Waals surface area (Å²) in [6.45, 7) is 6.33. The normalized spacial score (nSPS) is 21.4. The predicted octanol–water partition coefficient (Wildman–Crippen LogP) is 3.46. The molecule has 0 unspecified atom stereocenters. The number of aryl methyl sites for hydroxylation is 1. The van der Waals surface area contributed by atoms with Crippen LogP contribution >= 0.6 is 0 Å². The molecule has 5 nitrogen and oxygen atoms in total. The van der Waals surface area contributed by atoms with Crippen molar-refractivity contribution in [2.45, 2.75) is 38.9 Å². The summed E-state index contributed by atoms with van der Waals surface area (Å²) in [5.41, 5.74) is 5.52. The number of nitrogens with zero attached hydrogens (tertiary/aromatic N) is 3. The molecule has 2 bridgehead atoms. The SMILES string of the molecule is Cc1c(CN2C[C@@H]3C[C@H](C2)c2ccc(CN(C)C)c(=O)n2C3)[nH]c2ccc(F)cc12. The Morgan fingerprint density at radius 1 is 1.17 bits per heavy atom. The van der Waals surface area contributed by atoms with E-state index < -0.39 is 0 Å². The maximum atomic E-state index is 13.7. The number of H-pyrrole nitrogens is 1. The van der Waals surface area contributed by atoms with Crippen molar-refractivity contribution in [1.82, 2.24) is 19.4 Å². The van der Waals surface area contributed by atoms with E-state index in [-0.39, 0.29) is 11.4 Å². The fourth-order valence-corrected chi connectivity index (χ4v) is 5.42. The molecule has 0 aliphatic carbocycles. The average molecular weight is 409 g/mol.